The number of halogens is 1. The molecule has 0 saturated carbocycles. The van der Waals surface area contributed by atoms with E-state index in [1.807, 2.05) is 4.93 Å². The highest BCUT2D eigenvalue weighted by Crippen LogP contribution is 2.31. The molecule has 0 aliphatic carbocycles. The second-order valence-corrected chi connectivity index (χ2v) is 4.84. The van der Waals surface area contributed by atoms with E-state index in [0.29, 0.717) is 0 Å². The van der Waals surface area contributed by atoms with Gasteiger partial charge in [0.25, 0.3) is 0 Å². The molecule has 1 aromatic rings. The van der Waals surface area contributed by atoms with Crippen LogP contribution in [0.1, 0.15) is 31.2 Å². The van der Waals surface area contributed by atoms with Crippen LogP contribution in [0.25, 0.3) is 0 Å². The molecule has 0 N–H and O–H groups in total. The Balaban J connectivity index is 0.000000686. The molecule has 0 amide bonds. The molecule has 1 aliphatic rings. The Morgan fingerprint density at radius 1 is 1.12 bits per heavy atom. The van der Waals surface area contributed by atoms with Gasteiger partial charge in [-0.15, -0.1) is 0 Å². The van der Waals surface area contributed by atoms with Gasteiger partial charge < -0.3 is 4.90 Å². The molecule has 1 saturated heterocycles. The molecule has 0 radical (unpaired) electrons. The summed E-state index contributed by atoms with van der Waals surface area (Å²) in [7, 11) is 2.23. The summed E-state index contributed by atoms with van der Waals surface area (Å²) >= 11 is 2.15. The monoisotopic (exact) mass is 345 g/mol. The molecule has 1 aromatic carbocycles. The summed E-state index contributed by atoms with van der Waals surface area (Å²) in [5.74, 6) is 1.60. The van der Waals surface area contributed by atoms with Crippen molar-refractivity contribution in [2.75, 3.05) is 25.1 Å². The van der Waals surface area contributed by atoms with E-state index in [9.17, 15) is 0 Å². The Bertz CT molecular complexity index is 291. The molecular formula is C15H24IN. The topological polar surface area (TPSA) is 3.24 Å². The van der Waals surface area contributed by atoms with Gasteiger partial charge in [-0.25, -0.2) is 0 Å². The molecule has 0 aromatic heterocycles. The lowest BCUT2D eigenvalue weighted by molar-refractivity contribution is 0.202. The maximum atomic E-state index is 2.44. The summed E-state index contributed by atoms with van der Waals surface area (Å²) < 4.78 is 0. The molecule has 0 bridgehead atoms. The number of hydrogen-bond donors (Lipinski definition) is 0. The lowest BCUT2D eigenvalue weighted by Gasteiger charge is -2.32. The Morgan fingerprint density at radius 2 is 1.65 bits per heavy atom. The van der Waals surface area contributed by atoms with Crippen molar-refractivity contribution < 1.29 is 0 Å². The minimum Gasteiger partial charge on any atom is -0.306 e. The second-order valence-electron chi connectivity index (χ2n) is 4.84. The molecule has 2 rings (SSSR count). The van der Waals surface area contributed by atoms with E-state index in [2.05, 4.69) is 71.8 Å². The average molecular weight is 345 g/mol. The van der Waals surface area contributed by atoms with Crippen LogP contribution in [0.2, 0.25) is 0 Å². The van der Waals surface area contributed by atoms with Crippen molar-refractivity contribution in [3.63, 3.8) is 0 Å². The third-order valence-electron chi connectivity index (χ3n) is 3.80. The molecule has 17 heavy (non-hydrogen) atoms. The first-order valence-corrected chi connectivity index (χ1v) is 8.54. The van der Waals surface area contributed by atoms with Gasteiger partial charge in [0.15, 0.2) is 0 Å². The maximum absolute atomic E-state index is 2.44. The number of rotatable bonds is 2. The zero-order valence-electron chi connectivity index (χ0n) is 11.2. The largest absolute Gasteiger partial charge is 0.306 e. The van der Waals surface area contributed by atoms with Crippen molar-refractivity contribution in [3.05, 3.63) is 35.9 Å². The van der Waals surface area contributed by atoms with E-state index in [1.165, 1.54) is 31.5 Å². The predicted molar refractivity (Wildman–Crippen MR) is 85.0 cm³/mol. The molecule has 1 atom stereocenters. The first kappa shape index (κ1) is 15.0. The zero-order chi connectivity index (χ0) is 12.7. The van der Waals surface area contributed by atoms with Crippen molar-refractivity contribution in [2.45, 2.75) is 25.7 Å². The summed E-state index contributed by atoms with van der Waals surface area (Å²) in [5.41, 5.74) is 1.51. The first-order chi connectivity index (χ1) is 8.27. The third-order valence-corrected chi connectivity index (χ3v) is 3.80. The van der Waals surface area contributed by atoms with Crippen LogP contribution in [-0.4, -0.2) is 30.0 Å². The highest BCUT2D eigenvalue weighted by atomic mass is 127. The average Bonchev–Trinajstić information content (AvgIpc) is 2.42. The Kier molecular flexibility index (Phi) is 7.12. The molecule has 1 aliphatic heterocycles. The Hall–Kier alpha value is -0.0900. The fourth-order valence-corrected chi connectivity index (χ4v) is 2.56. The number of hydrogen-bond acceptors (Lipinski definition) is 1. The fraction of sp³-hybridized carbons (Fsp3) is 0.600. The van der Waals surface area contributed by atoms with Crippen molar-refractivity contribution in [2.24, 2.45) is 5.92 Å². The number of piperidine rings is 1. The van der Waals surface area contributed by atoms with Crippen LogP contribution in [0.3, 0.4) is 0 Å². The fourth-order valence-electron chi connectivity index (χ4n) is 2.56. The molecule has 1 nitrogen and oxygen atoms in total. The normalized spacial score (nSPS) is 19.3. The summed E-state index contributed by atoms with van der Waals surface area (Å²) in [5, 5.41) is 0. The smallest absolute Gasteiger partial charge is 0.00189 e. The highest BCUT2D eigenvalue weighted by molar-refractivity contribution is 14.1. The van der Waals surface area contributed by atoms with E-state index in [1.54, 1.807) is 0 Å². The minimum absolute atomic E-state index is 0.722. The number of nitrogens with zero attached hydrogens (tertiary/aromatic N) is 1. The van der Waals surface area contributed by atoms with Crippen LogP contribution in [0.5, 0.6) is 0 Å². The van der Waals surface area contributed by atoms with Gasteiger partial charge in [0, 0.05) is 0 Å². The lowest BCUT2D eigenvalue weighted by atomic mass is 9.81. The number of likely N-dealkylation sites (tertiary alicyclic amines) is 1. The molecular weight excluding hydrogens is 321 g/mol. The first-order valence-electron chi connectivity index (χ1n) is 6.38. The van der Waals surface area contributed by atoms with Crippen LogP contribution < -0.4 is 0 Å². The van der Waals surface area contributed by atoms with Crippen LogP contribution in [0.15, 0.2) is 30.3 Å². The standard InChI is InChI=1S/C14H21N.CH3I/c1-12(13-6-4-3-5-7-13)14-8-10-15(2)11-9-14;1-2/h3-7,12,14H,8-11H2,1-2H3;1H3. The summed E-state index contributed by atoms with van der Waals surface area (Å²) in [6, 6.07) is 10.9. The van der Waals surface area contributed by atoms with Gasteiger partial charge in [-0.05, 0) is 55.3 Å². The van der Waals surface area contributed by atoms with Gasteiger partial charge in [0.2, 0.25) is 0 Å². The van der Waals surface area contributed by atoms with Crippen LogP contribution in [0, 0.1) is 5.92 Å². The SMILES string of the molecule is CC(c1ccccc1)C1CCN(C)CC1.CI. The van der Waals surface area contributed by atoms with E-state index in [0.717, 1.165) is 11.8 Å². The zero-order valence-corrected chi connectivity index (χ0v) is 13.4. The molecule has 1 fully saturated rings. The van der Waals surface area contributed by atoms with Gasteiger partial charge in [0.1, 0.15) is 0 Å². The van der Waals surface area contributed by atoms with Crippen LogP contribution in [0.4, 0.5) is 0 Å². The highest BCUT2D eigenvalue weighted by Gasteiger charge is 2.22. The van der Waals surface area contributed by atoms with E-state index >= 15 is 0 Å². The van der Waals surface area contributed by atoms with Crippen molar-refractivity contribution in [1.82, 2.24) is 4.90 Å². The molecule has 1 heterocycles. The Morgan fingerprint density at radius 3 is 2.18 bits per heavy atom. The van der Waals surface area contributed by atoms with Gasteiger partial charge in [-0.1, -0.05) is 59.8 Å². The number of benzene rings is 1. The molecule has 96 valence electrons. The van der Waals surface area contributed by atoms with E-state index in [4.69, 9.17) is 0 Å². The molecule has 1 unspecified atom stereocenters. The van der Waals surface area contributed by atoms with E-state index < -0.39 is 0 Å². The molecule has 0 spiro atoms. The number of alkyl halides is 1. The predicted octanol–water partition coefficient (Wildman–Crippen LogP) is 4.18. The van der Waals surface area contributed by atoms with Crippen LogP contribution in [-0.2, 0) is 0 Å². The molecule has 2 heteroatoms. The summed E-state index contributed by atoms with van der Waals surface area (Å²) in [6.45, 7) is 4.91. The summed E-state index contributed by atoms with van der Waals surface area (Å²) in [6.07, 6.45) is 2.71. The minimum atomic E-state index is 0.722. The summed E-state index contributed by atoms with van der Waals surface area (Å²) in [4.78, 5) is 4.41. The van der Waals surface area contributed by atoms with E-state index in [-0.39, 0.29) is 0 Å². The van der Waals surface area contributed by atoms with Crippen LogP contribution >= 0.6 is 22.6 Å². The van der Waals surface area contributed by atoms with Gasteiger partial charge in [-0.3, -0.25) is 0 Å². The van der Waals surface area contributed by atoms with Gasteiger partial charge in [0.05, 0.1) is 0 Å². The Labute approximate surface area is 120 Å². The lowest BCUT2D eigenvalue weighted by Crippen LogP contribution is -2.32. The van der Waals surface area contributed by atoms with Crippen molar-refractivity contribution in [3.8, 4) is 0 Å². The quantitative estimate of drug-likeness (QED) is 0.574. The van der Waals surface area contributed by atoms with Gasteiger partial charge >= 0.3 is 0 Å². The second kappa shape index (κ2) is 8.09. The third kappa shape index (κ3) is 4.59. The van der Waals surface area contributed by atoms with Crippen molar-refractivity contribution in [1.29, 1.82) is 0 Å². The van der Waals surface area contributed by atoms with Crippen molar-refractivity contribution >= 4 is 22.6 Å². The maximum Gasteiger partial charge on any atom is -0.00189 e. The van der Waals surface area contributed by atoms with Gasteiger partial charge in [-0.2, -0.15) is 0 Å².